The number of phenolic OH excluding ortho intramolecular Hbond substituents is 1. The Bertz CT molecular complexity index is 1240. The number of guanidine groups is 1. The lowest BCUT2D eigenvalue weighted by atomic mass is 9.89. The van der Waals surface area contributed by atoms with E-state index >= 15 is 0 Å². The van der Waals surface area contributed by atoms with Gasteiger partial charge in [-0.05, 0) is 48.1 Å². The summed E-state index contributed by atoms with van der Waals surface area (Å²) in [6.45, 7) is -0.164. The number of carbonyl (C=O) groups is 3. The second-order valence-corrected chi connectivity index (χ2v) is 9.28. The maximum Gasteiger partial charge on any atom is 0.322 e. The zero-order valence-corrected chi connectivity index (χ0v) is 22.1. The Morgan fingerprint density at radius 2 is 1.45 bits per heavy atom. The van der Waals surface area contributed by atoms with Gasteiger partial charge in [-0.1, -0.05) is 72.8 Å². The molecule has 0 aliphatic heterocycles. The van der Waals surface area contributed by atoms with Crippen molar-refractivity contribution in [2.75, 3.05) is 19.6 Å². The lowest BCUT2D eigenvalue weighted by molar-refractivity contribution is -0.143. The van der Waals surface area contributed by atoms with Crippen LogP contribution in [0.4, 0.5) is 0 Å². The minimum atomic E-state index is -1.19. The summed E-state index contributed by atoms with van der Waals surface area (Å²) in [5.41, 5.74) is 13.3. The minimum Gasteiger partial charge on any atom is -0.508 e. The van der Waals surface area contributed by atoms with E-state index in [2.05, 4.69) is 10.3 Å². The van der Waals surface area contributed by atoms with E-state index in [0.717, 1.165) is 16.7 Å². The second-order valence-electron chi connectivity index (χ2n) is 9.28. The number of carboxylic acids is 1. The number of nitrogens with zero attached hydrogens (tertiary/aromatic N) is 2. The van der Waals surface area contributed by atoms with Gasteiger partial charge < -0.3 is 31.9 Å². The first-order valence-corrected chi connectivity index (χ1v) is 13.0. The molecule has 0 fully saturated rings. The van der Waals surface area contributed by atoms with Gasteiger partial charge in [-0.25, -0.2) is 0 Å². The van der Waals surface area contributed by atoms with Gasteiger partial charge in [0.25, 0.3) is 0 Å². The molecule has 10 heteroatoms. The molecule has 10 nitrogen and oxygen atoms in total. The Hall–Kier alpha value is -4.86. The van der Waals surface area contributed by atoms with Crippen molar-refractivity contribution < 1.29 is 24.6 Å². The van der Waals surface area contributed by atoms with Crippen molar-refractivity contribution in [2.24, 2.45) is 16.5 Å². The summed E-state index contributed by atoms with van der Waals surface area (Å²) in [6, 6.07) is 24.3. The summed E-state index contributed by atoms with van der Waals surface area (Å²) in [6.07, 6.45) is 0.992. The van der Waals surface area contributed by atoms with Gasteiger partial charge >= 0.3 is 5.97 Å². The van der Waals surface area contributed by atoms with Crippen LogP contribution in [-0.4, -0.2) is 64.5 Å². The molecule has 2 amide bonds. The van der Waals surface area contributed by atoms with Crippen molar-refractivity contribution in [3.8, 4) is 5.75 Å². The normalized spacial score (nSPS) is 11.4. The molecule has 210 valence electrons. The summed E-state index contributed by atoms with van der Waals surface area (Å²) in [5.74, 6) is -2.73. The molecule has 1 atom stereocenters. The van der Waals surface area contributed by atoms with Gasteiger partial charge in [-0.15, -0.1) is 0 Å². The molecular weight excluding hydrogens is 510 g/mol. The predicted molar refractivity (Wildman–Crippen MR) is 153 cm³/mol. The lowest BCUT2D eigenvalue weighted by Gasteiger charge is -2.34. The van der Waals surface area contributed by atoms with Crippen LogP contribution in [0.25, 0.3) is 0 Å². The van der Waals surface area contributed by atoms with Crippen molar-refractivity contribution in [3.63, 3.8) is 0 Å². The molecule has 3 rings (SSSR count). The molecule has 0 radical (unpaired) electrons. The molecule has 0 saturated carbocycles. The number of phenols is 1. The van der Waals surface area contributed by atoms with Crippen LogP contribution in [0.5, 0.6) is 5.75 Å². The molecule has 0 bridgehead atoms. The van der Waals surface area contributed by atoms with Crippen molar-refractivity contribution in [1.29, 1.82) is 0 Å². The summed E-state index contributed by atoms with van der Waals surface area (Å²) < 4.78 is 0. The van der Waals surface area contributed by atoms with E-state index < -0.39 is 30.4 Å². The molecular formula is C30H35N5O5. The van der Waals surface area contributed by atoms with E-state index in [4.69, 9.17) is 16.6 Å². The topological polar surface area (TPSA) is 171 Å². The molecule has 0 aliphatic carbocycles. The molecule has 40 heavy (non-hydrogen) atoms. The third-order valence-electron chi connectivity index (χ3n) is 6.40. The van der Waals surface area contributed by atoms with Gasteiger partial charge in [0.05, 0.1) is 5.92 Å². The fourth-order valence-electron chi connectivity index (χ4n) is 4.47. The number of carbonyl (C=O) groups excluding carboxylic acids is 2. The summed E-state index contributed by atoms with van der Waals surface area (Å²) >= 11 is 0. The van der Waals surface area contributed by atoms with Gasteiger partial charge in [0.1, 0.15) is 18.3 Å². The van der Waals surface area contributed by atoms with Crippen molar-refractivity contribution in [2.45, 2.75) is 31.2 Å². The van der Waals surface area contributed by atoms with Crippen LogP contribution >= 0.6 is 0 Å². The summed E-state index contributed by atoms with van der Waals surface area (Å²) in [7, 11) is 0. The molecule has 0 heterocycles. The van der Waals surface area contributed by atoms with Gasteiger partial charge in [0, 0.05) is 13.1 Å². The van der Waals surface area contributed by atoms with E-state index in [1.54, 1.807) is 24.3 Å². The predicted octanol–water partition coefficient (Wildman–Crippen LogP) is 2.22. The second kappa shape index (κ2) is 14.9. The van der Waals surface area contributed by atoms with Crippen LogP contribution in [0.2, 0.25) is 0 Å². The third kappa shape index (κ3) is 8.87. The highest BCUT2D eigenvalue weighted by Gasteiger charge is 2.35. The van der Waals surface area contributed by atoms with Gasteiger partial charge in [0.2, 0.25) is 11.8 Å². The van der Waals surface area contributed by atoms with Crippen LogP contribution in [0.1, 0.15) is 35.4 Å². The molecule has 0 aliphatic rings. The monoisotopic (exact) mass is 545 g/mol. The Morgan fingerprint density at radius 3 is 1.98 bits per heavy atom. The van der Waals surface area contributed by atoms with Crippen molar-refractivity contribution in [3.05, 3.63) is 102 Å². The molecule has 3 aromatic carbocycles. The third-order valence-corrected chi connectivity index (χ3v) is 6.40. The van der Waals surface area contributed by atoms with Crippen LogP contribution in [0, 0.1) is 0 Å². The fourth-order valence-corrected chi connectivity index (χ4v) is 4.47. The Morgan fingerprint density at radius 1 is 0.875 bits per heavy atom. The average Bonchev–Trinajstić information content (AvgIpc) is 2.95. The molecule has 3 aromatic rings. The number of carboxylic acid groups (broad SMARTS) is 1. The highest BCUT2D eigenvalue weighted by molar-refractivity contribution is 5.93. The zero-order chi connectivity index (χ0) is 28.9. The van der Waals surface area contributed by atoms with Crippen LogP contribution < -0.4 is 16.8 Å². The van der Waals surface area contributed by atoms with Gasteiger partial charge in [0.15, 0.2) is 5.96 Å². The number of rotatable bonds is 14. The number of hydrogen-bond acceptors (Lipinski definition) is 5. The number of hydrogen-bond donors (Lipinski definition) is 5. The Labute approximate surface area is 233 Å². The molecule has 0 saturated heterocycles. The molecule has 0 unspecified atom stereocenters. The first-order chi connectivity index (χ1) is 19.3. The smallest absolute Gasteiger partial charge is 0.322 e. The standard InChI is InChI=1S/C30H35N5O5/c31-30(32)33-18-7-12-25(28(39)34-20-26(37)38)35(19-17-21-13-15-24(36)16-14-21)29(40)27(22-8-3-1-4-9-22)23-10-5-2-6-11-23/h1-6,8-11,13-16,25,27,36H,7,12,17-20H2,(H,34,39)(H,37,38)(H4,31,32,33)/t25-/m0/s1. The minimum absolute atomic E-state index is 0.0830. The van der Waals surface area contributed by atoms with Crippen LogP contribution in [0.15, 0.2) is 89.9 Å². The van der Waals surface area contributed by atoms with Crippen molar-refractivity contribution in [1.82, 2.24) is 10.2 Å². The number of aliphatic imine (C=N–C) groups is 1. The Kier molecular flexibility index (Phi) is 11.1. The molecule has 7 N–H and O–H groups in total. The first kappa shape index (κ1) is 29.7. The Balaban J connectivity index is 2.02. The number of amides is 2. The zero-order valence-electron chi connectivity index (χ0n) is 22.1. The van der Waals surface area contributed by atoms with E-state index in [1.807, 2.05) is 60.7 Å². The molecule has 0 aromatic heterocycles. The first-order valence-electron chi connectivity index (χ1n) is 13.0. The van der Waals surface area contributed by atoms with E-state index in [-0.39, 0.29) is 37.1 Å². The highest BCUT2D eigenvalue weighted by atomic mass is 16.4. The summed E-state index contributed by atoms with van der Waals surface area (Å²) in [5, 5.41) is 21.3. The number of benzene rings is 3. The van der Waals surface area contributed by atoms with Crippen molar-refractivity contribution >= 4 is 23.7 Å². The largest absolute Gasteiger partial charge is 0.508 e. The maximum atomic E-state index is 14.5. The van der Waals surface area contributed by atoms with Crippen LogP contribution in [0.3, 0.4) is 0 Å². The fraction of sp³-hybridized carbons (Fsp3) is 0.267. The lowest BCUT2D eigenvalue weighted by Crippen LogP contribution is -2.52. The SMILES string of the molecule is NC(N)=NCCC[C@@H](C(=O)NCC(=O)O)N(CCc1ccc(O)cc1)C(=O)C(c1ccccc1)c1ccccc1. The van der Waals surface area contributed by atoms with Crippen LogP contribution in [-0.2, 0) is 20.8 Å². The van der Waals surface area contributed by atoms with E-state index in [1.165, 1.54) is 4.90 Å². The molecule has 0 spiro atoms. The number of nitrogens with two attached hydrogens (primary N) is 2. The average molecular weight is 546 g/mol. The van der Waals surface area contributed by atoms with E-state index in [0.29, 0.717) is 12.8 Å². The van der Waals surface area contributed by atoms with Gasteiger partial charge in [-0.2, -0.15) is 0 Å². The number of nitrogens with one attached hydrogen (secondary N) is 1. The number of aromatic hydroxyl groups is 1. The van der Waals surface area contributed by atoms with E-state index in [9.17, 15) is 19.5 Å². The number of aliphatic carboxylic acids is 1. The maximum absolute atomic E-state index is 14.5. The van der Waals surface area contributed by atoms with Gasteiger partial charge in [-0.3, -0.25) is 19.4 Å². The quantitative estimate of drug-likeness (QED) is 0.117. The summed E-state index contributed by atoms with van der Waals surface area (Å²) in [4.78, 5) is 44.6. The highest BCUT2D eigenvalue weighted by Crippen LogP contribution is 2.29.